The predicted molar refractivity (Wildman–Crippen MR) is 343 cm³/mol. The van der Waals surface area contributed by atoms with E-state index in [0.29, 0.717) is 12.8 Å². The van der Waals surface area contributed by atoms with Crippen LogP contribution in [0.15, 0.2) is 170 Å². The Balaban J connectivity index is 4.58. The summed E-state index contributed by atoms with van der Waals surface area (Å²) in [5.74, 6) is -1.02. The highest BCUT2D eigenvalue weighted by Crippen LogP contribution is 2.13. The van der Waals surface area contributed by atoms with Gasteiger partial charge in [0.15, 0.2) is 6.10 Å². The third-order valence-corrected chi connectivity index (χ3v) is 12.7. The minimum absolute atomic E-state index is 0.119. The van der Waals surface area contributed by atoms with Crippen molar-refractivity contribution in [2.24, 2.45) is 0 Å². The zero-order valence-corrected chi connectivity index (χ0v) is 50.6. The molecule has 0 amide bonds. The van der Waals surface area contributed by atoms with E-state index in [0.717, 1.165) is 154 Å². The lowest BCUT2D eigenvalue weighted by Gasteiger charge is -2.18. The summed E-state index contributed by atoms with van der Waals surface area (Å²) in [6.07, 6.45) is 96.4. The number of ether oxygens (including phenoxy) is 3. The Morgan fingerprint density at radius 2 is 0.506 bits per heavy atom. The third-order valence-electron chi connectivity index (χ3n) is 12.7. The molecule has 442 valence electrons. The van der Waals surface area contributed by atoms with E-state index in [2.05, 4.69) is 191 Å². The Labute approximate surface area is 485 Å². The van der Waals surface area contributed by atoms with Crippen LogP contribution in [-0.2, 0) is 28.6 Å². The van der Waals surface area contributed by atoms with Crippen LogP contribution in [0, 0.1) is 0 Å². The fraction of sp³-hybridized carbons (Fsp3) is 0.575. The fourth-order valence-corrected chi connectivity index (χ4v) is 8.02. The molecule has 6 nitrogen and oxygen atoms in total. The molecule has 0 aliphatic heterocycles. The average Bonchev–Trinajstić information content (AvgIpc) is 3.45. The summed E-state index contributed by atoms with van der Waals surface area (Å²) in [5.41, 5.74) is 0. The summed E-state index contributed by atoms with van der Waals surface area (Å²) in [4.78, 5) is 38.3. The summed E-state index contributed by atoms with van der Waals surface area (Å²) in [7, 11) is 0. The number of rotatable bonds is 55. The van der Waals surface area contributed by atoms with Crippen molar-refractivity contribution in [1.82, 2.24) is 0 Å². The van der Waals surface area contributed by atoms with Gasteiger partial charge in [0, 0.05) is 19.3 Å². The molecule has 0 aliphatic carbocycles. The van der Waals surface area contributed by atoms with Crippen LogP contribution in [0.5, 0.6) is 0 Å². The van der Waals surface area contributed by atoms with E-state index in [1.165, 1.54) is 51.4 Å². The van der Waals surface area contributed by atoms with E-state index < -0.39 is 6.10 Å². The Morgan fingerprint density at radius 1 is 0.266 bits per heavy atom. The van der Waals surface area contributed by atoms with Gasteiger partial charge in [-0.2, -0.15) is 0 Å². The van der Waals surface area contributed by atoms with Gasteiger partial charge in [-0.25, -0.2) is 0 Å². The van der Waals surface area contributed by atoms with Gasteiger partial charge in [0.05, 0.1) is 0 Å². The molecule has 0 spiro atoms. The van der Waals surface area contributed by atoms with E-state index in [9.17, 15) is 14.4 Å². The number of allylic oxidation sites excluding steroid dienone is 28. The Morgan fingerprint density at radius 3 is 0.835 bits per heavy atom. The fourth-order valence-electron chi connectivity index (χ4n) is 8.02. The number of hydrogen-bond acceptors (Lipinski definition) is 6. The summed E-state index contributed by atoms with van der Waals surface area (Å²) >= 11 is 0. The van der Waals surface area contributed by atoms with Crippen molar-refractivity contribution in [2.45, 2.75) is 258 Å². The van der Waals surface area contributed by atoms with Crippen molar-refractivity contribution in [3.05, 3.63) is 170 Å². The standard InChI is InChI=1S/C73H114O6/c1-4-7-10-13-16-19-22-25-28-30-32-34-36-38-40-42-45-48-51-54-57-60-63-66-72(75)78-69-70(68-77-71(74)65-62-59-56-53-50-47-44-27-24-21-18-15-12-9-6-3)79-73(76)67-64-61-58-55-52-49-46-43-41-39-37-35-33-31-29-26-23-20-17-14-11-8-5-2/h7-8,10-11,16-17,19-20,25-29,32-35,38-41,44-46,48-49,54,57,70H,4-6,9,12-15,18,21-24,30-31,36-37,42-43,47,50-53,55-56,58-69H2,1-3H3/b10-7-,11-8-,19-16-,20-17-,28-25-,29-26-,34-32-,35-33-,40-38-,41-39-,44-27-,48-45-,49-46-,57-54-. The predicted octanol–water partition coefficient (Wildman–Crippen LogP) is 21.9. The van der Waals surface area contributed by atoms with Crippen molar-refractivity contribution >= 4 is 17.9 Å². The molecule has 0 N–H and O–H groups in total. The van der Waals surface area contributed by atoms with Gasteiger partial charge >= 0.3 is 17.9 Å². The first-order valence-corrected chi connectivity index (χ1v) is 31.6. The second-order valence-corrected chi connectivity index (χ2v) is 20.2. The number of hydrogen-bond donors (Lipinski definition) is 0. The van der Waals surface area contributed by atoms with E-state index in [1.807, 2.05) is 0 Å². The van der Waals surface area contributed by atoms with Crippen LogP contribution in [-0.4, -0.2) is 37.2 Å². The second kappa shape index (κ2) is 65.3. The SMILES string of the molecule is CC/C=C\C/C=C\C/C=C\C/C=C\C/C=C\C/C=C\C/C=C\CCCC(=O)OCC(COC(=O)CCCCCCC/C=C\CCCCCCCC)OC(=O)CCCCCC/C=C\C/C=C\C/C=C\C/C=C\C/C=C\C/C=C\CC. The minimum Gasteiger partial charge on any atom is -0.462 e. The molecule has 0 saturated heterocycles. The highest BCUT2D eigenvalue weighted by Gasteiger charge is 2.19. The summed E-state index contributed by atoms with van der Waals surface area (Å²) in [6.45, 7) is 6.32. The molecular formula is C73H114O6. The molecule has 0 heterocycles. The van der Waals surface area contributed by atoms with Gasteiger partial charge in [0.1, 0.15) is 13.2 Å². The van der Waals surface area contributed by atoms with Crippen molar-refractivity contribution in [3.63, 3.8) is 0 Å². The monoisotopic (exact) mass is 1090 g/mol. The normalized spacial score (nSPS) is 13.3. The average molecular weight is 1090 g/mol. The molecular weight excluding hydrogens is 973 g/mol. The van der Waals surface area contributed by atoms with Gasteiger partial charge in [-0.05, 0) is 148 Å². The number of carbonyl (C=O) groups excluding carboxylic acids is 3. The van der Waals surface area contributed by atoms with Crippen LogP contribution in [0.25, 0.3) is 0 Å². The highest BCUT2D eigenvalue weighted by molar-refractivity contribution is 5.71. The molecule has 0 bridgehead atoms. The summed E-state index contributed by atoms with van der Waals surface area (Å²) in [5, 5.41) is 0. The maximum atomic E-state index is 12.9. The molecule has 0 aromatic carbocycles. The van der Waals surface area contributed by atoms with Crippen LogP contribution in [0.3, 0.4) is 0 Å². The van der Waals surface area contributed by atoms with Crippen molar-refractivity contribution < 1.29 is 28.6 Å². The van der Waals surface area contributed by atoms with E-state index >= 15 is 0 Å². The van der Waals surface area contributed by atoms with Crippen molar-refractivity contribution in [2.75, 3.05) is 13.2 Å². The molecule has 1 atom stereocenters. The van der Waals surface area contributed by atoms with Gasteiger partial charge in [-0.1, -0.05) is 255 Å². The number of esters is 3. The van der Waals surface area contributed by atoms with Gasteiger partial charge in [-0.3, -0.25) is 14.4 Å². The van der Waals surface area contributed by atoms with E-state index in [-0.39, 0.29) is 44.0 Å². The zero-order chi connectivity index (χ0) is 57.1. The first-order valence-electron chi connectivity index (χ1n) is 31.6. The highest BCUT2D eigenvalue weighted by atomic mass is 16.6. The molecule has 79 heavy (non-hydrogen) atoms. The molecule has 6 heteroatoms. The molecule has 0 saturated carbocycles. The van der Waals surface area contributed by atoms with Crippen LogP contribution >= 0.6 is 0 Å². The molecule has 0 rings (SSSR count). The molecule has 0 fully saturated rings. The zero-order valence-electron chi connectivity index (χ0n) is 50.6. The van der Waals surface area contributed by atoms with Gasteiger partial charge in [0.2, 0.25) is 0 Å². The molecule has 0 aromatic rings. The Bertz CT molecular complexity index is 1820. The first kappa shape index (κ1) is 73.8. The van der Waals surface area contributed by atoms with Gasteiger partial charge in [0.25, 0.3) is 0 Å². The lowest BCUT2D eigenvalue weighted by Crippen LogP contribution is -2.30. The van der Waals surface area contributed by atoms with E-state index in [4.69, 9.17) is 14.2 Å². The Kier molecular flexibility index (Phi) is 61.0. The molecule has 0 radical (unpaired) electrons. The largest absolute Gasteiger partial charge is 0.462 e. The summed E-state index contributed by atoms with van der Waals surface area (Å²) in [6, 6.07) is 0. The lowest BCUT2D eigenvalue weighted by molar-refractivity contribution is -0.167. The van der Waals surface area contributed by atoms with Gasteiger partial charge in [-0.15, -0.1) is 0 Å². The minimum atomic E-state index is -0.830. The molecule has 1 unspecified atom stereocenters. The third kappa shape index (κ3) is 63.5. The summed E-state index contributed by atoms with van der Waals surface area (Å²) < 4.78 is 16.8. The number of unbranched alkanes of at least 4 members (excludes halogenated alkanes) is 16. The van der Waals surface area contributed by atoms with Crippen LogP contribution in [0.4, 0.5) is 0 Å². The lowest BCUT2D eigenvalue weighted by atomic mass is 10.1. The van der Waals surface area contributed by atoms with Crippen LogP contribution < -0.4 is 0 Å². The van der Waals surface area contributed by atoms with Gasteiger partial charge < -0.3 is 14.2 Å². The van der Waals surface area contributed by atoms with Crippen LogP contribution in [0.2, 0.25) is 0 Å². The quantitative estimate of drug-likeness (QED) is 0.0261. The van der Waals surface area contributed by atoms with Crippen molar-refractivity contribution in [1.29, 1.82) is 0 Å². The maximum absolute atomic E-state index is 12.9. The van der Waals surface area contributed by atoms with E-state index in [1.54, 1.807) is 0 Å². The first-order chi connectivity index (χ1) is 39.0. The maximum Gasteiger partial charge on any atom is 0.306 e. The molecule has 0 aliphatic rings. The van der Waals surface area contributed by atoms with Crippen LogP contribution in [0.1, 0.15) is 252 Å². The topological polar surface area (TPSA) is 78.9 Å². The smallest absolute Gasteiger partial charge is 0.306 e. The second-order valence-electron chi connectivity index (χ2n) is 20.2. The van der Waals surface area contributed by atoms with Crippen molar-refractivity contribution in [3.8, 4) is 0 Å². The number of carbonyl (C=O) groups is 3. The molecule has 0 aromatic heterocycles. The Hall–Kier alpha value is -5.23.